The van der Waals surface area contributed by atoms with Crippen molar-refractivity contribution >= 4 is 23.4 Å². The highest BCUT2D eigenvalue weighted by atomic mass is 32.2. The van der Waals surface area contributed by atoms with Crippen molar-refractivity contribution in [1.82, 2.24) is 0 Å². The van der Waals surface area contributed by atoms with E-state index < -0.39 is 0 Å². The second-order valence-electron chi connectivity index (χ2n) is 3.66. The maximum Gasteiger partial charge on any atom is 0.238 e. The third kappa shape index (κ3) is 3.35. The van der Waals surface area contributed by atoms with Gasteiger partial charge in [0, 0.05) is 9.79 Å². The topological polar surface area (TPSA) is 55.1 Å². The van der Waals surface area contributed by atoms with Crippen LogP contribution in [0.15, 0.2) is 64.4 Å². The molecule has 2 rings (SSSR count). The van der Waals surface area contributed by atoms with E-state index in [4.69, 9.17) is 5.73 Å². The van der Waals surface area contributed by atoms with E-state index in [0.29, 0.717) is 0 Å². The molecule has 0 unspecified atom stereocenters. The highest BCUT2D eigenvalue weighted by Crippen LogP contribution is 2.32. The minimum absolute atomic E-state index is 0.00959. The summed E-state index contributed by atoms with van der Waals surface area (Å²) < 4.78 is 0. The van der Waals surface area contributed by atoms with Crippen LogP contribution < -0.4 is 11.1 Å². The largest absolute Gasteiger partial charge is 0.324 e. The molecule has 0 spiro atoms. The average molecular weight is 258 g/mol. The summed E-state index contributed by atoms with van der Waals surface area (Å²) in [5.74, 6) is -0.184. The molecule has 3 nitrogen and oxygen atoms in total. The maximum atomic E-state index is 11.3. The Morgan fingerprint density at radius 2 is 1.72 bits per heavy atom. The minimum atomic E-state index is -0.184. The number of nitrogens with one attached hydrogen (secondary N) is 1. The molecule has 0 atom stereocenters. The second-order valence-corrected chi connectivity index (χ2v) is 4.78. The Morgan fingerprint density at radius 3 is 2.44 bits per heavy atom. The minimum Gasteiger partial charge on any atom is -0.324 e. The molecular formula is C14H14N2OS. The van der Waals surface area contributed by atoms with Crippen molar-refractivity contribution < 1.29 is 4.79 Å². The Hall–Kier alpha value is -1.78. The normalized spacial score (nSPS) is 10.1. The van der Waals surface area contributed by atoms with Crippen molar-refractivity contribution in [2.24, 2.45) is 5.73 Å². The lowest BCUT2D eigenvalue weighted by molar-refractivity contribution is -0.114. The summed E-state index contributed by atoms with van der Waals surface area (Å²) >= 11 is 1.61. The van der Waals surface area contributed by atoms with Gasteiger partial charge in [-0.15, -0.1) is 0 Å². The van der Waals surface area contributed by atoms with Gasteiger partial charge in [0.2, 0.25) is 5.91 Å². The van der Waals surface area contributed by atoms with Gasteiger partial charge in [0.05, 0.1) is 12.2 Å². The number of hydrogen-bond acceptors (Lipinski definition) is 3. The third-order valence-electron chi connectivity index (χ3n) is 2.32. The van der Waals surface area contributed by atoms with E-state index in [1.807, 2.05) is 54.6 Å². The standard InChI is InChI=1S/C14H14N2OS/c15-10-14(17)16-12-8-4-5-9-13(12)18-11-6-2-1-3-7-11/h1-9H,10,15H2,(H,16,17). The van der Waals surface area contributed by atoms with Crippen LogP contribution >= 0.6 is 11.8 Å². The van der Waals surface area contributed by atoms with Crippen LogP contribution in [0.5, 0.6) is 0 Å². The summed E-state index contributed by atoms with van der Waals surface area (Å²) in [6.07, 6.45) is 0. The molecule has 0 aromatic heterocycles. The second kappa shape index (κ2) is 6.23. The molecule has 0 heterocycles. The molecule has 2 aromatic rings. The summed E-state index contributed by atoms with van der Waals surface area (Å²) in [5, 5.41) is 2.80. The predicted molar refractivity (Wildman–Crippen MR) is 74.7 cm³/mol. The van der Waals surface area contributed by atoms with E-state index in [-0.39, 0.29) is 12.5 Å². The van der Waals surface area contributed by atoms with Crippen molar-refractivity contribution in [2.45, 2.75) is 9.79 Å². The van der Waals surface area contributed by atoms with E-state index in [2.05, 4.69) is 5.32 Å². The SMILES string of the molecule is NCC(=O)Nc1ccccc1Sc1ccccc1. The molecule has 0 aliphatic heterocycles. The summed E-state index contributed by atoms with van der Waals surface area (Å²) in [6, 6.07) is 17.7. The summed E-state index contributed by atoms with van der Waals surface area (Å²) in [4.78, 5) is 13.5. The van der Waals surface area contributed by atoms with E-state index in [9.17, 15) is 4.79 Å². The van der Waals surface area contributed by atoms with Crippen LogP contribution in [0.1, 0.15) is 0 Å². The maximum absolute atomic E-state index is 11.3. The van der Waals surface area contributed by atoms with Gasteiger partial charge in [0.25, 0.3) is 0 Å². The molecule has 0 saturated carbocycles. The zero-order valence-electron chi connectivity index (χ0n) is 9.80. The molecule has 1 amide bonds. The van der Waals surface area contributed by atoms with Crippen molar-refractivity contribution in [3.63, 3.8) is 0 Å². The van der Waals surface area contributed by atoms with E-state index in [1.54, 1.807) is 11.8 Å². The van der Waals surface area contributed by atoms with Crippen molar-refractivity contribution in [2.75, 3.05) is 11.9 Å². The number of anilines is 1. The molecule has 0 saturated heterocycles. The number of benzene rings is 2. The molecule has 2 aromatic carbocycles. The van der Waals surface area contributed by atoms with Crippen molar-refractivity contribution in [1.29, 1.82) is 0 Å². The molecular weight excluding hydrogens is 244 g/mol. The quantitative estimate of drug-likeness (QED) is 0.886. The van der Waals surface area contributed by atoms with Gasteiger partial charge < -0.3 is 11.1 Å². The van der Waals surface area contributed by atoms with Crippen LogP contribution in [0.25, 0.3) is 0 Å². The first-order valence-electron chi connectivity index (χ1n) is 5.61. The van der Waals surface area contributed by atoms with Crippen molar-refractivity contribution in [3.8, 4) is 0 Å². The zero-order valence-corrected chi connectivity index (χ0v) is 10.6. The lowest BCUT2D eigenvalue weighted by Gasteiger charge is -2.09. The summed E-state index contributed by atoms with van der Waals surface area (Å²) in [7, 11) is 0. The molecule has 4 heteroatoms. The number of rotatable bonds is 4. The van der Waals surface area contributed by atoms with Gasteiger partial charge in [0.15, 0.2) is 0 Å². The highest BCUT2D eigenvalue weighted by molar-refractivity contribution is 7.99. The highest BCUT2D eigenvalue weighted by Gasteiger charge is 2.06. The Balaban J connectivity index is 2.20. The summed E-state index contributed by atoms with van der Waals surface area (Å²) in [6.45, 7) is -0.00959. The summed E-state index contributed by atoms with van der Waals surface area (Å²) in [5.41, 5.74) is 6.10. The van der Waals surface area contributed by atoms with Gasteiger partial charge in [-0.25, -0.2) is 0 Å². The Bertz CT molecular complexity index is 528. The number of amides is 1. The fraction of sp³-hybridized carbons (Fsp3) is 0.0714. The third-order valence-corrected chi connectivity index (χ3v) is 3.40. The fourth-order valence-electron chi connectivity index (χ4n) is 1.48. The van der Waals surface area contributed by atoms with E-state index in [1.165, 1.54) is 0 Å². The average Bonchev–Trinajstić information content (AvgIpc) is 2.42. The van der Waals surface area contributed by atoms with E-state index in [0.717, 1.165) is 15.5 Å². The molecule has 3 N–H and O–H groups in total. The number of hydrogen-bond donors (Lipinski definition) is 2. The van der Waals surface area contributed by atoms with Crippen molar-refractivity contribution in [3.05, 3.63) is 54.6 Å². The van der Waals surface area contributed by atoms with Gasteiger partial charge >= 0.3 is 0 Å². The van der Waals surface area contributed by atoms with E-state index >= 15 is 0 Å². The van der Waals surface area contributed by atoms with Crippen LogP contribution in [-0.2, 0) is 4.79 Å². The van der Waals surface area contributed by atoms with Crippen LogP contribution in [0.2, 0.25) is 0 Å². The first-order chi connectivity index (χ1) is 8.79. The predicted octanol–water partition coefficient (Wildman–Crippen LogP) is 2.74. The molecule has 0 radical (unpaired) electrons. The Morgan fingerprint density at radius 1 is 1.06 bits per heavy atom. The zero-order chi connectivity index (χ0) is 12.8. The molecule has 18 heavy (non-hydrogen) atoms. The Labute approximate surface area is 110 Å². The van der Waals surface area contributed by atoms with Crippen LogP contribution in [0.4, 0.5) is 5.69 Å². The van der Waals surface area contributed by atoms with Gasteiger partial charge in [-0.2, -0.15) is 0 Å². The number of carbonyl (C=O) groups excluding carboxylic acids is 1. The van der Waals surface area contributed by atoms with Gasteiger partial charge in [-0.05, 0) is 24.3 Å². The molecule has 0 bridgehead atoms. The number of carbonyl (C=O) groups is 1. The lowest BCUT2D eigenvalue weighted by Crippen LogP contribution is -2.22. The lowest BCUT2D eigenvalue weighted by atomic mass is 10.3. The molecule has 0 aliphatic rings. The van der Waals surface area contributed by atoms with Gasteiger partial charge in [0.1, 0.15) is 0 Å². The number of nitrogens with two attached hydrogens (primary N) is 1. The first kappa shape index (κ1) is 12.7. The molecule has 0 fully saturated rings. The first-order valence-corrected chi connectivity index (χ1v) is 6.43. The fourth-order valence-corrected chi connectivity index (χ4v) is 2.40. The van der Waals surface area contributed by atoms with Crippen LogP contribution in [0, 0.1) is 0 Å². The monoisotopic (exact) mass is 258 g/mol. The number of para-hydroxylation sites is 1. The molecule has 92 valence electrons. The van der Waals surface area contributed by atoms with Gasteiger partial charge in [-0.1, -0.05) is 42.1 Å². The Kier molecular flexibility index (Phi) is 4.39. The van der Waals surface area contributed by atoms with Gasteiger partial charge in [-0.3, -0.25) is 4.79 Å². The van der Waals surface area contributed by atoms with Crippen LogP contribution in [0.3, 0.4) is 0 Å². The smallest absolute Gasteiger partial charge is 0.238 e. The van der Waals surface area contributed by atoms with Crippen LogP contribution in [-0.4, -0.2) is 12.5 Å². The molecule has 0 aliphatic carbocycles.